The van der Waals surface area contributed by atoms with Gasteiger partial charge in [0.1, 0.15) is 6.54 Å². The minimum absolute atomic E-state index is 0.0721. The minimum atomic E-state index is -0.997. The van der Waals surface area contributed by atoms with E-state index in [1.807, 2.05) is 60.7 Å². The van der Waals surface area contributed by atoms with Crippen LogP contribution in [0.4, 0.5) is 4.79 Å². The Kier molecular flexibility index (Phi) is 6.75. The van der Waals surface area contributed by atoms with Crippen LogP contribution in [0.5, 0.6) is 0 Å². The van der Waals surface area contributed by atoms with Crippen LogP contribution in [-0.4, -0.2) is 53.2 Å². The van der Waals surface area contributed by atoms with Crippen LogP contribution in [0.3, 0.4) is 0 Å². The molecule has 1 heterocycles. The summed E-state index contributed by atoms with van der Waals surface area (Å²) in [6.07, 6.45) is 1.99. The molecular weight excluding hydrogens is 382 g/mol. The van der Waals surface area contributed by atoms with Crippen LogP contribution < -0.4 is 5.32 Å². The van der Waals surface area contributed by atoms with Gasteiger partial charge in [0.05, 0.1) is 0 Å². The first-order valence-electron chi connectivity index (χ1n) is 9.67. The SMILES string of the molecule is C=CCN1C(=O)C(=O)N(CC(=O)NCCC(c2ccccc2)c2ccccc2)C1=O. The number of rotatable bonds is 9. The number of hydrogen-bond acceptors (Lipinski definition) is 4. The Bertz CT molecular complexity index is 904. The van der Waals surface area contributed by atoms with E-state index in [4.69, 9.17) is 0 Å². The zero-order valence-corrected chi connectivity index (χ0v) is 16.5. The molecule has 0 atom stereocenters. The second-order valence-corrected chi connectivity index (χ2v) is 6.89. The lowest BCUT2D eigenvalue weighted by Gasteiger charge is -2.19. The molecule has 30 heavy (non-hydrogen) atoms. The number of carbonyl (C=O) groups excluding carboxylic acids is 4. The number of benzene rings is 2. The highest BCUT2D eigenvalue weighted by Gasteiger charge is 2.44. The van der Waals surface area contributed by atoms with Crippen molar-refractivity contribution >= 4 is 23.8 Å². The lowest BCUT2D eigenvalue weighted by molar-refractivity contribution is -0.143. The van der Waals surface area contributed by atoms with Crippen molar-refractivity contribution in [1.82, 2.24) is 15.1 Å². The quantitative estimate of drug-likeness (QED) is 0.394. The monoisotopic (exact) mass is 405 g/mol. The van der Waals surface area contributed by atoms with Gasteiger partial charge in [-0.2, -0.15) is 0 Å². The predicted molar refractivity (Wildman–Crippen MR) is 111 cm³/mol. The van der Waals surface area contributed by atoms with E-state index in [9.17, 15) is 19.2 Å². The first kappa shape index (κ1) is 21.0. The molecule has 0 radical (unpaired) electrons. The Labute approximate surface area is 175 Å². The molecule has 1 N–H and O–H groups in total. The Morgan fingerprint density at radius 1 is 0.900 bits per heavy atom. The maximum Gasteiger partial charge on any atom is 0.335 e. The molecule has 0 saturated carbocycles. The summed E-state index contributed by atoms with van der Waals surface area (Å²) >= 11 is 0. The number of carbonyl (C=O) groups is 4. The van der Waals surface area contributed by atoms with Crippen LogP contribution in [-0.2, 0) is 14.4 Å². The molecule has 2 aromatic rings. The summed E-state index contributed by atoms with van der Waals surface area (Å²) in [6, 6.07) is 19.2. The molecule has 1 aliphatic heterocycles. The van der Waals surface area contributed by atoms with Gasteiger partial charge < -0.3 is 5.32 Å². The highest BCUT2D eigenvalue weighted by atomic mass is 16.2. The standard InChI is InChI=1S/C23H23N3O4/c1-2-15-25-21(28)22(29)26(23(25)30)16-20(27)24-14-13-19(17-9-5-3-6-10-17)18-11-7-4-8-12-18/h2-12,19H,1,13-16H2,(H,24,27). The highest BCUT2D eigenvalue weighted by Crippen LogP contribution is 2.27. The number of imide groups is 2. The predicted octanol–water partition coefficient (Wildman–Crippen LogP) is 2.30. The Morgan fingerprint density at radius 3 is 1.97 bits per heavy atom. The van der Waals surface area contributed by atoms with Crippen molar-refractivity contribution < 1.29 is 19.2 Å². The summed E-state index contributed by atoms with van der Waals surface area (Å²) in [6.45, 7) is 3.25. The average molecular weight is 405 g/mol. The van der Waals surface area contributed by atoms with Crippen LogP contribution in [0.2, 0.25) is 0 Å². The summed E-state index contributed by atoms with van der Waals surface area (Å²) in [7, 11) is 0. The van der Waals surface area contributed by atoms with E-state index < -0.39 is 30.3 Å². The smallest absolute Gasteiger partial charge is 0.335 e. The molecule has 0 bridgehead atoms. The number of nitrogens with zero attached hydrogens (tertiary/aromatic N) is 2. The molecule has 5 amide bonds. The fourth-order valence-electron chi connectivity index (χ4n) is 3.43. The van der Waals surface area contributed by atoms with Gasteiger partial charge in [-0.25, -0.2) is 9.69 Å². The maximum atomic E-state index is 12.3. The average Bonchev–Trinajstić information content (AvgIpc) is 2.96. The summed E-state index contributed by atoms with van der Waals surface area (Å²) in [4.78, 5) is 49.8. The van der Waals surface area contributed by atoms with Crippen molar-refractivity contribution in [3.05, 3.63) is 84.4 Å². The Morgan fingerprint density at radius 2 is 1.43 bits per heavy atom. The largest absolute Gasteiger partial charge is 0.355 e. The van der Waals surface area contributed by atoms with Crippen molar-refractivity contribution in [2.45, 2.75) is 12.3 Å². The first-order valence-corrected chi connectivity index (χ1v) is 9.67. The van der Waals surface area contributed by atoms with Gasteiger partial charge in [-0.1, -0.05) is 66.7 Å². The van der Waals surface area contributed by atoms with E-state index >= 15 is 0 Å². The van der Waals surface area contributed by atoms with Crippen molar-refractivity contribution in [1.29, 1.82) is 0 Å². The normalized spacial score (nSPS) is 13.8. The topological polar surface area (TPSA) is 86.8 Å². The van der Waals surface area contributed by atoms with Crippen molar-refractivity contribution in [2.75, 3.05) is 19.6 Å². The summed E-state index contributed by atoms with van der Waals surface area (Å²) in [5, 5.41) is 2.75. The third-order valence-electron chi connectivity index (χ3n) is 4.91. The molecule has 1 saturated heterocycles. The summed E-state index contributed by atoms with van der Waals surface area (Å²) < 4.78 is 0. The lowest BCUT2D eigenvalue weighted by Crippen LogP contribution is -2.41. The number of amides is 5. The van der Waals surface area contributed by atoms with Gasteiger partial charge in [0.25, 0.3) is 0 Å². The highest BCUT2D eigenvalue weighted by molar-refractivity contribution is 6.45. The molecule has 7 nitrogen and oxygen atoms in total. The molecule has 7 heteroatoms. The van der Waals surface area contributed by atoms with Crippen molar-refractivity contribution in [2.24, 2.45) is 0 Å². The van der Waals surface area contributed by atoms with Gasteiger partial charge in [0, 0.05) is 19.0 Å². The molecule has 0 aromatic heterocycles. The van der Waals surface area contributed by atoms with E-state index in [0.717, 1.165) is 16.0 Å². The van der Waals surface area contributed by atoms with Gasteiger partial charge in [0.2, 0.25) is 5.91 Å². The van der Waals surface area contributed by atoms with Crippen LogP contribution in [0.15, 0.2) is 73.3 Å². The molecule has 0 unspecified atom stereocenters. The summed E-state index contributed by atoms with van der Waals surface area (Å²) in [5.41, 5.74) is 2.27. The molecule has 1 aliphatic rings. The van der Waals surface area contributed by atoms with Crippen LogP contribution in [0.25, 0.3) is 0 Å². The van der Waals surface area contributed by atoms with Crippen molar-refractivity contribution in [3.8, 4) is 0 Å². The third-order valence-corrected chi connectivity index (χ3v) is 4.91. The molecular formula is C23H23N3O4. The molecule has 0 aliphatic carbocycles. The fourth-order valence-corrected chi connectivity index (χ4v) is 3.43. The van der Waals surface area contributed by atoms with Gasteiger partial charge >= 0.3 is 17.8 Å². The van der Waals surface area contributed by atoms with E-state index in [0.29, 0.717) is 17.9 Å². The van der Waals surface area contributed by atoms with Gasteiger partial charge in [0.15, 0.2) is 0 Å². The molecule has 0 spiro atoms. The van der Waals surface area contributed by atoms with Gasteiger partial charge in [-0.05, 0) is 17.5 Å². The second kappa shape index (κ2) is 9.65. The van der Waals surface area contributed by atoms with Gasteiger partial charge in [-0.3, -0.25) is 19.3 Å². The molecule has 1 fully saturated rings. The molecule has 154 valence electrons. The van der Waals surface area contributed by atoms with E-state index in [2.05, 4.69) is 11.9 Å². The zero-order chi connectivity index (χ0) is 21.5. The van der Waals surface area contributed by atoms with E-state index in [1.54, 1.807) is 0 Å². The summed E-state index contributed by atoms with van der Waals surface area (Å²) in [5.74, 6) is -2.35. The fraction of sp³-hybridized carbons (Fsp3) is 0.217. The number of hydrogen-bond donors (Lipinski definition) is 1. The zero-order valence-electron chi connectivity index (χ0n) is 16.5. The van der Waals surface area contributed by atoms with Gasteiger partial charge in [-0.15, -0.1) is 6.58 Å². The van der Waals surface area contributed by atoms with Crippen LogP contribution >= 0.6 is 0 Å². The van der Waals surface area contributed by atoms with Crippen molar-refractivity contribution in [3.63, 3.8) is 0 Å². The second-order valence-electron chi connectivity index (χ2n) is 6.89. The van der Waals surface area contributed by atoms with Crippen LogP contribution in [0.1, 0.15) is 23.5 Å². The van der Waals surface area contributed by atoms with E-state index in [1.165, 1.54) is 6.08 Å². The van der Waals surface area contributed by atoms with Crippen LogP contribution in [0, 0.1) is 0 Å². The number of nitrogens with one attached hydrogen (secondary N) is 1. The maximum absolute atomic E-state index is 12.3. The number of urea groups is 1. The molecule has 2 aromatic carbocycles. The Hall–Kier alpha value is -3.74. The lowest BCUT2D eigenvalue weighted by atomic mass is 9.88. The first-order chi connectivity index (χ1) is 14.5. The van der Waals surface area contributed by atoms with E-state index in [-0.39, 0.29) is 12.5 Å². The molecule has 3 rings (SSSR count). The third kappa shape index (κ3) is 4.63. The minimum Gasteiger partial charge on any atom is -0.355 e. The Balaban J connectivity index is 1.60.